The Morgan fingerprint density at radius 1 is 1.52 bits per heavy atom. The molecule has 2 N–H and O–H groups in total. The number of nitrogens with zero attached hydrogens (tertiary/aromatic N) is 1. The third-order valence-corrected chi connectivity index (χ3v) is 3.11. The van der Waals surface area contributed by atoms with Gasteiger partial charge in [0.1, 0.15) is 5.71 Å². The molecule has 21 heavy (non-hydrogen) atoms. The van der Waals surface area contributed by atoms with E-state index in [1.807, 2.05) is 24.3 Å². The number of ether oxygens (including phenoxy) is 1. The molecular weight excluding hydrogens is 336 g/mol. The van der Waals surface area contributed by atoms with Crippen molar-refractivity contribution in [2.75, 3.05) is 20.3 Å². The van der Waals surface area contributed by atoms with Gasteiger partial charge < -0.3 is 15.2 Å². The predicted molar refractivity (Wildman–Crippen MR) is 86.1 cm³/mol. The van der Waals surface area contributed by atoms with E-state index in [1.165, 1.54) is 13.1 Å². The van der Waals surface area contributed by atoms with E-state index in [1.54, 1.807) is 6.92 Å². The third-order valence-electron chi connectivity index (χ3n) is 2.62. The number of halogens is 1. The molecule has 0 saturated heterocycles. The average molecular weight is 355 g/mol. The maximum atomic E-state index is 11.6. The fraction of sp³-hybridized carbons (Fsp3) is 0.333. The van der Waals surface area contributed by atoms with Crippen LogP contribution in [0.4, 0.5) is 0 Å². The van der Waals surface area contributed by atoms with Crippen molar-refractivity contribution in [3.63, 3.8) is 0 Å². The van der Waals surface area contributed by atoms with Gasteiger partial charge in [-0.3, -0.25) is 4.99 Å². The Hall–Kier alpha value is -1.66. The number of aliphatic hydroxyl groups excluding tert-OH is 1. The number of carbonyl (C=O) groups is 1. The third kappa shape index (κ3) is 6.10. The maximum Gasteiger partial charge on any atom is 0.356 e. The lowest BCUT2D eigenvalue weighted by atomic mass is 10.2. The minimum atomic E-state index is -0.504. The van der Waals surface area contributed by atoms with Gasteiger partial charge >= 0.3 is 5.97 Å². The molecular formula is C15H19BrN2O3. The Morgan fingerprint density at radius 2 is 2.29 bits per heavy atom. The first-order valence-electron chi connectivity index (χ1n) is 6.54. The zero-order valence-corrected chi connectivity index (χ0v) is 13.7. The molecule has 0 spiro atoms. The van der Waals surface area contributed by atoms with Crippen LogP contribution in [0.3, 0.4) is 0 Å². The van der Waals surface area contributed by atoms with Crippen LogP contribution in [0.1, 0.15) is 12.5 Å². The molecule has 5 nitrogen and oxygen atoms in total. The standard InChI is InChI=1S/C15H19BrN2O3/c1-3-21-15(20)14(17-2)8-13(10-19)18-9-11-5-4-6-12(16)7-11/h4-8,18-19H,3,9-10H2,1-2H3. The van der Waals surface area contributed by atoms with Crippen molar-refractivity contribution in [3.05, 3.63) is 46.1 Å². The highest BCUT2D eigenvalue weighted by Gasteiger charge is 2.10. The summed E-state index contributed by atoms with van der Waals surface area (Å²) in [5.74, 6) is -0.504. The van der Waals surface area contributed by atoms with Crippen molar-refractivity contribution < 1.29 is 14.6 Å². The molecule has 0 aliphatic carbocycles. The van der Waals surface area contributed by atoms with E-state index in [-0.39, 0.29) is 18.9 Å². The Bertz CT molecular complexity index is 541. The summed E-state index contributed by atoms with van der Waals surface area (Å²) in [7, 11) is 1.51. The second kappa shape index (κ2) is 9.31. The van der Waals surface area contributed by atoms with Crippen LogP contribution in [0.15, 0.2) is 45.5 Å². The lowest BCUT2D eigenvalue weighted by Crippen LogP contribution is -2.21. The van der Waals surface area contributed by atoms with Crippen molar-refractivity contribution in [1.82, 2.24) is 5.32 Å². The van der Waals surface area contributed by atoms with Crippen LogP contribution in [-0.2, 0) is 16.1 Å². The summed E-state index contributed by atoms with van der Waals surface area (Å²) in [5.41, 5.74) is 1.72. The zero-order chi connectivity index (χ0) is 15.7. The fourth-order valence-corrected chi connectivity index (χ4v) is 2.05. The topological polar surface area (TPSA) is 70.9 Å². The molecule has 0 radical (unpaired) electrons. The number of aliphatic hydroxyl groups is 1. The van der Waals surface area contributed by atoms with Gasteiger partial charge in [0.15, 0.2) is 0 Å². The van der Waals surface area contributed by atoms with Gasteiger partial charge in [-0.05, 0) is 30.7 Å². The molecule has 0 atom stereocenters. The SMILES string of the molecule is CCOC(=O)C(C=C(CO)NCc1cccc(Br)c1)=NC. The van der Waals surface area contributed by atoms with E-state index >= 15 is 0 Å². The fourth-order valence-electron chi connectivity index (χ4n) is 1.60. The normalized spacial score (nSPS) is 12.2. The lowest BCUT2D eigenvalue weighted by Gasteiger charge is -2.10. The van der Waals surface area contributed by atoms with Crippen LogP contribution in [0, 0.1) is 0 Å². The second-order valence-electron chi connectivity index (χ2n) is 4.14. The van der Waals surface area contributed by atoms with Crippen molar-refractivity contribution >= 4 is 27.6 Å². The van der Waals surface area contributed by atoms with Crippen molar-refractivity contribution in [2.45, 2.75) is 13.5 Å². The van der Waals surface area contributed by atoms with Gasteiger partial charge in [-0.1, -0.05) is 28.1 Å². The number of hydrogen-bond acceptors (Lipinski definition) is 5. The van der Waals surface area contributed by atoms with Crippen LogP contribution in [0.5, 0.6) is 0 Å². The van der Waals surface area contributed by atoms with Crippen LogP contribution < -0.4 is 5.32 Å². The smallest absolute Gasteiger partial charge is 0.356 e. The summed E-state index contributed by atoms with van der Waals surface area (Å²) < 4.78 is 5.87. The molecule has 1 aromatic carbocycles. The maximum absolute atomic E-state index is 11.6. The molecule has 0 fully saturated rings. The first kappa shape index (κ1) is 17.4. The molecule has 114 valence electrons. The largest absolute Gasteiger partial charge is 0.461 e. The molecule has 0 amide bonds. The van der Waals surface area contributed by atoms with E-state index in [2.05, 4.69) is 26.2 Å². The van der Waals surface area contributed by atoms with E-state index in [0.717, 1.165) is 10.0 Å². The minimum Gasteiger partial charge on any atom is -0.461 e. The number of hydrogen-bond donors (Lipinski definition) is 2. The summed E-state index contributed by atoms with van der Waals surface area (Å²) in [6.07, 6.45) is 1.50. The molecule has 0 aromatic heterocycles. The molecule has 0 aliphatic heterocycles. The van der Waals surface area contributed by atoms with Crippen LogP contribution in [0.2, 0.25) is 0 Å². The number of esters is 1. The highest BCUT2D eigenvalue weighted by molar-refractivity contribution is 9.10. The Labute approximate surface area is 132 Å². The van der Waals surface area contributed by atoms with E-state index in [9.17, 15) is 9.90 Å². The number of aliphatic imine (C=N–C) groups is 1. The summed E-state index contributed by atoms with van der Waals surface area (Å²) in [4.78, 5) is 15.5. The Kier molecular flexibility index (Phi) is 7.71. The molecule has 0 heterocycles. The molecule has 0 saturated carbocycles. The van der Waals surface area contributed by atoms with Crippen LogP contribution in [-0.4, -0.2) is 37.0 Å². The first-order chi connectivity index (χ1) is 10.1. The summed E-state index contributed by atoms with van der Waals surface area (Å²) >= 11 is 3.40. The van der Waals surface area contributed by atoms with E-state index in [4.69, 9.17) is 4.74 Å². The van der Waals surface area contributed by atoms with Crippen molar-refractivity contribution in [2.24, 2.45) is 4.99 Å². The molecule has 1 rings (SSSR count). The van der Waals surface area contributed by atoms with Crippen molar-refractivity contribution in [3.8, 4) is 0 Å². The first-order valence-corrected chi connectivity index (χ1v) is 7.33. The number of benzene rings is 1. The second-order valence-corrected chi connectivity index (χ2v) is 5.06. The summed E-state index contributed by atoms with van der Waals surface area (Å²) in [6.45, 7) is 2.33. The quantitative estimate of drug-likeness (QED) is 0.580. The summed E-state index contributed by atoms with van der Waals surface area (Å²) in [6, 6.07) is 7.81. The van der Waals surface area contributed by atoms with E-state index < -0.39 is 5.97 Å². The van der Waals surface area contributed by atoms with Gasteiger partial charge in [-0.15, -0.1) is 0 Å². The molecule has 1 aromatic rings. The van der Waals surface area contributed by atoms with Gasteiger partial charge in [0.2, 0.25) is 0 Å². The Balaban J connectivity index is 2.73. The molecule has 0 bridgehead atoms. The highest BCUT2D eigenvalue weighted by atomic mass is 79.9. The Morgan fingerprint density at radius 3 is 2.86 bits per heavy atom. The van der Waals surface area contributed by atoms with Gasteiger partial charge in [0.25, 0.3) is 0 Å². The van der Waals surface area contributed by atoms with Gasteiger partial charge in [-0.2, -0.15) is 0 Å². The predicted octanol–water partition coefficient (Wildman–Crippen LogP) is 2.05. The lowest BCUT2D eigenvalue weighted by molar-refractivity contribution is -0.134. The monoisotopic (exact) mass is 354 g/mol. The van der Waals surface area contributed by atoms with E-state index in [0.29, 0.717) is 12.2 Å². The summed E-state index contributed by atoms with van der Waals surface area (Å²) in [5, 5.41) is 12.4. The zero-order valence-electron chi connectivity index (χ0n) is 12.1. The van der Waals surface area contributed by atoms with Crippen LogP contribution in [0.25, 0.3) is 0 Å². The van der Waals surface area contributed by atoms with Crippen molar-refractivity contribution in [1.29, 1.82) is 0 Å². The minimum absolute atomic E-state index is 0.169. The van der Waals surface area contributed by atoms with Gasteiger partial charge in [0.05, 0.1) is 13.2 Å². The van der Waals surface area contributed by atoms with Crippen LogP contribution >= 0.6 is 15.9 Å². The number of rotatable bonds is 7. The van der Waals surface area contributed by atoms with Gasteiger partial charge in [0, 0.05) is 23.8 Å². The molecule has 0 aliphatic rings. The highest BCUT2D eigenvalue weighted by Crippen LogP contribution is 2.11. The molecule has 6 heteroatoms. The molecule has 0 unspecified atom stereocenters. The number of nitrogens with one attached hydrogen (secondary N) is 1. The number of carbonyl (C=O) groups excluding carboxylic acids is 1. The average Bonchev–Trinajstić information content (AvgIpc) is 2.48. The van der Waals surface area contributed by atoms with Gasteiger partial charge in [-0.25, -0.2) is 4.79 Å².